The van der Waals surface area contributed by atoms with Crippen molar-refractivity contribution in [2.75, 3.05) is 37.1 Å². The van der Waals surface area contributed by atoms with Crippen molar-refractivity contribution in [3.63, 3.8) is 0 Å². The van der Waals surface area contributed by atoms with Gasteiger partial charge in [-0.1, -0.05) is 32.0 Å². The summed E-state index contributed by atoms with van der Waals surface area (Å²) in [6.45, 7) is 6.17. The first-order valence-corrected chi connectivity index (χ1v) is 12.1. The minimum Gasteiger partial charge on any atom is -0.496 e. The molecular weight excluding hydrogens is 422 g/mol. The summed E-state index contributed by atoms with van der Waals surface area (Å²) in [5.74, 6) is 1.60. The number of methoxy groups -OCH3 is 2. The lowest BCUT2D eigenvalue weighted by Crippen LogP contribution is -2.44. The zero-order valence-corrected chi connectivity index (χ0v) is 20.4. The molecule has 5 rings (SSSR count). The highest BCUT2D eigenvalue weighted by Gasteiger charge is 2.53. The molecule has 3 aromatic rings. The van der Waals surface area contributed by atoms with Crippen LogP contribution in [0.2, 0.25) is 0 Å². The summed E-state index contributed by atoms with van der Waals surface area (Å²) in [6, 6.07) is 21.6. The topological polar surface area (TPSA) is 48.7 Å². The van der Waals surface area contributed by atoms with Crippen molar-refractivity contribution in [2.24, 2.45) is 0 Å². The van der Waals surface area contributed by atoms with E-state index in [1.54, 1.807) is 14.2 Å². The third kappa shape index (κ3) is 2.84. The molecule has 5 nitrogen and oxygen atoms in total. The van der Waals surface area contributed by atoms with Crippen LogP contribution in [-0.2, 0) is 5.41 Å². The van der Waals surface area contributed by atoms with Crippen molar-refractivity contribution in [1.29, 1.82) is 5.26 Å². The molecule has 0 aliphatic carbocycles. The Bertz CT molecular complexity index is 1190. The minimum atomic E-state index is -0.709. The molecule has 2 heterocycles. The van der Waals surface area contributed by atoms with E-state index >= 15 is 0 Å². The molecule has 2 aliphatic rings. The first kappa shape index (κ1) is 22.2. The second-order valence-corrected chi connectivity index (χ2v) is 8.92. The lowest BCUT2D eigenvalue weighted by molar-refractivity contribution is 0.387. The molecule has 2 aliphatic heterocycles. The zero-order valence-electron chi connectivity index (χ0n) is 20.4. The van der Waals surface area contributed by atoms with E-state index in [9.17, 15) is 5.26 Å². The lowest BCUT2D eigenvalue weighted by Gasteiger charge is -2.51. The highest BCUT2D eigenvalue weighted by molar-refractivity contribution is 5.94. The second kappa shape index (κ2) is 8.61. The second-order valence-electron chi connectivity index (χ2n) is 8.92. The molecule has 34 heavy (non-hydrogen) atoms. The molecule has 0 atom stereocenters. The highest BCUT2D eigenvalue weighted by atomic mass is 16.5. The van der Waals surface area contributed by atoms with Gasteiger partial charge in [0, 0.05) is 52.5 Å². The normalized spacial score (nSPS) is 14.6. The summed E-state index contributed by atoms with van der Waals surface area (Å²) in [6.07, 6.45) is 2.30. The zero-order chi connectivity index (χ0) is 23.9. The van der Waals surface area contributed by atoms with E-state index in [-0.39, 0.29) is 6.42 Å². The number of ether oxygens (including phenoxy) is 2. The fourth-order valence-electron chi connectivity index (χ4n) is 6.05. The quantitative estimate of drug-likeness (QED) is 0.400. The van der Waals surface area contributed by atoms with Crippen LogP contribution < -0.4 is 19.3 Å². The molecule has 0 N–H and O–H groups in total. The predicted octanol–water partition coefficient (Wildman–Crippen LogP) is 6.67. The maximum Gasteiger partial charge on any atom is 0.125 e. The van der Waals surface area contributed by atoms with Gasteiger partial charge in [0.1, 0.15) is 11.5 Å². The standard InChI is InChI=1S/C29H31N3O2/c1-5-18-31-20-10-7-11-21-26(20)29(16-17-30,27-22(31)12-8-14-24(27)33-3)28-23(32(21)19-6-2)13-9-15-25(28)34-4/h7-15H,5-6,16,18-19H2,1-4H3. The van der Waals surface area contributed by atoms with Gasteiger partial charge in [-0.3, -0.25) is 0 Å². The molecule has 0 fully saturated rings. The van der Waals surface area contributed by atoms with Gasteiger partial charge < -0.3 is 19.3 Å². The maximum atomic E-state index is 10.3. The summed E-state index contributed by atoms with van der Waals surface area (Å²) in [5, 5.41) is 10.3. The van der Waals surface area contributed by atoms with Crippen LogP contribution >= 0.6 is 0 Å². The van der Waals surface area contributed by atoms with Crippen molar-refractivity contribution < 1.29 is 9.47 Å². The SMILES string of the molecule is CCCN1c2cccc(OC)c2C2(CC#N)c3c(OC)cccc3N(CCC)c3cccc1c32. The van der Waals surface area contributed by atoms with Crippen molar-refractivity contribution in [2.45, 2.75) is 38.5 Å². The minimum absolute atomic E-state index is 0.289. The molecule has 0 aromatic heterocycles. The molecule has 0 saturated heterocycles. The van der Waals surface area contributed by atoms with Gasteiger partial charge in [0.15, 0.2) is 0 Å². The fraction of sp³-hybridized carbons (Fsp3) is 0.345. The van der Waals surface area contributed by atoms with Gasteiger partial charge in [0.05, 0.1) is 32.1 Å². The molecule has 0 spiro atoms. The summed E-state index contributed by atoms with van der Waals surface area (Å²) >= 11 is 0. The summed E-state index contributed by atoms with van der Waals surface area (Å²) < 4.78 is 12.0. The Morgan fingerprint density at radius 3 is 1.50 bits per heavy atom. The van der Waals surface area contributed by atoms with Crippen LogP contribution in [0.15, 0.2) is 54.6 Å². The van der Waals surface area contributed by atoms with E-state index in [4.69, 9.17) is 9.47 Å². The van der Waals surface area contributed by atoms with Crippen LogP contribution in [0.3, 0.4) is 0 Å². The predicted molar refractivity (Wildman–Crippen MR) is 137 cm³/mol. The number of nitrogens with zero attached hydrogens (tertiary/aromatic N) is 3. The van der Waals surface area contributed by atoms with Crippen LogP contribution in [0.5, 0.6) is 11.5 Å². The lowest BCUT2D eigenvalue weighted by atomic mass is 9.61. The molecule has 0 unspecified atom stereocenters. The molecule has 0 saturated carbocycles. The van der Waals surface area contributed by atoms with Crippen molar-refractivity contribution in [3.05, 3.63) is 71.3 Å². The first-order chi connectivity index (χ1) is 16.7. The number of nitriles is 1. The molecule has 174 valence electrons. The summed E-state index contributed by atoms with van der Waals surface area (Å²) in [7, 11) is 3.44. The van der Waals surface area contributed by atoms with Crippen LogP contribution in [-0.4, -0.2) is 27.3 Å². The average molecular weight is 454 g/mol. The van der Waals surface area contributed by atoms with Crippen LogP contribution in [0.1, 0.15) is 49.8 Å². The van der Waals surface area contributed by atoms with Gasteiger partial charge in [-0.25, -0.2) is 0 Å². The molecule has 0 amide bonds. The average Bonchev–Trinajstić information content (AvgIpc) is 2.87. The van der Waals surface area contributed by atoms with E-state index in [1.807, 2.05) is 24.3 Å². The van der Waals surface area contributed by atoms with Gasteiger partial charge in [-0.2, -0.15) is 5.26 Å². The van der Waals surface area contributed by atoms with Gasteiger partial charge in [-0.05, 0) is 49.2 Å². The third-order valence-electron chi connectivity index (χ3n) is 7.15. The number of hydrogen-bond acceptors (Lipinski definition) is 5. The Kier molecular flexibility index (Phi) is 5.61. The summed E-state index contributed by atoms with van der Waals surface area (Å²) in [4.78, 5) is 4.80. The van der Waals surface area contributed by atoms with Crippen molar-refractivity contribution >= 4 is 22.7 Å². The first-order valence-electron chi connectivity index (χ1n) is 12.1. The smallest absolute Gasteiger partial charge is 0.125 e. The number of rotatable bonds is 7. The highest BCUT2D eigenvalue weighted by Crippen LogP contribution is 2.65. The third-order valence-corrected chi connectivity index (χ3v) is 7.15. The van der Waals surface area contributed by atoms with Gasteiger partial charge in [0.2, 0.25) is 0 Å². The number of benzene rings is 3. The van der Waals surface area contributed by atoms with Crippen molar-refractivity contribution in [1.82, 2.24) is 0 Å². The van der Waals surface area contributed by atoms with Gasteiger partial charge >= 0.3 is 0 Å². The summed E-state index contributed by atoms with van der Waals surface area (Å²) in [5.41, 5.74) is 7.08. The maximum absolute atomic E-state index is 10.3. The van der Waals surface area contributed by atoms with E-state index in [0.717, 1.165) is 71.3 Å². The Balaban J connectivity index is 2.01. The van der Waals surface area contributed by atoms with Crippen molar-refractivity contribution in [3.8, 4) is 17.6 Å². The van der Waals surface area contributed by atoms with Gasteiger partial charge in [-0.15, -0.1) is 0 Å². The largest absolute Gasteiger partial charge is 0.496 e. The Morgan fingerprint density at radius 2 is 1.12 bits per heavy atom. The number of fused-ring (bicyclic) bond motifs is 4. The van der Waals surface area contributed by atoms with E-state index in [2.05, 4.69) is 60.0 Å². The molecule has 3 aromatic carbocycles. The van der Waals surface area contributed by atoms with Crippen LogP contribution in [0.25, 0.3) is 0 Å². The number of anilines is 4. The van der Waals surface area contributed by atoms with Gasteiger partial charge in [0.25, 0.3) is 0 Å². The van der Waals surface area contributed by atoms with E-state index < -0.39 is 5.41 Å². The number of hydrogen-bond donors (Lipinski definition) is 0. The van der Waals surface area contributed by atoms with Crippen LogP contribution in [0, 0.1) is 11.3 Å². The van der Waals surface area contributed by atoms with E-state index in [1.165, 1.54) is 5.56 Å². The fourth-order valence-corrected chi connectivity index (χ4v) is 6.05. The molecule has 5 heteroatoms. The Morgan fingerprint density at radius 1 is 0.706 bits per heavy atom. The van der Waals surface area contributed by atoms with Crippen LogP contribution in [0.4, 0.5) is 22.7 Å². The molecule has 0 bridgehead atoms. The molecule has 0 radical (unpaired) electrons. The monoisotopic (exact) mass is 453 g/mol. The Labute approximate surface area is 202 Å². The Hall–Kier alpha value is -3.65. The molecular formula is C29H31N3O2. The van der Waals surface area contributed by atoms with E-state index in [0.29, 0.717) is 0 Å².